The normalized spacial score (nSPS) is 9.73. The van der Waals surface area contributed by atoms with E-state index in [1.807, 2.05) is 0 Å². The van der Waals surface area contributed by atoms with Gasteiger partial charge in [-0.2, -0.15) is 8.42 Å². The minimum atomic E-state index is -4.17. The number of carboxylic acids is 1. The highest BCUT2D eigenvalue weighted by molar-refractivity contribution is 7.80. The molecule has 0 aromatic carbocycles. The molecule has 0 radical (unpaired) electrons. The lowest BCUT2D eigenvalue weighted by atomic mass is 10.9. The van der Waals surface area contributed by atoms with Gasteiger partial charge in [-0.1, -0.05) is 0 Å². The summed E-state index contributed by atoms with van der Waals surface area (Å²) < 4.78 is 30.7. The summed E-state index contributed by atoms with van der Waals surface area (Å²) in [4.78, 5) is 9.00. The van der Waals surface area contributed by atoms with E-state index in [2.05, 4.69) is 4.18 Å². The van der Waals surface area contributed by atoms with E-state index >= 15 is 0 Å². The molecule has 0 atom stereocenters. The molecule has 0 saturated carbocycles. The lowest BCUT2D eigenvalue weighted by Gasteiger charge is -1.88. The number of aliphatic carboxylic acids is 1. The van der Waals surface area contributed by atoms with Gasteiger partial charge in [-0.15, -0.1) is 0 Å². The summed E-state index contributed by atoms with van der Waals surface area (Å²) in [7, 11) is -4.17. The van der Waals surface area contributed by atoms with Crippen LogP contribution in [0.2, 0.25) is 0 Å². The zero-order valence-electron chi connectivity index (χ0n) is 6.14. The summed E-state index contributed by atoms with van der Waals surface area (Å²) in [5.41, 5.74) is 0. The molecule has 0 aromatic rings. The monoisotopic (exact) mass is 186 g/mol. The smallest absolute Gasteiger partial charge is 0.397 e. The molecule has 0 aliphatic heterocycles. The Morgan fingerprint density at radius 1 is 1.55 bits per heavy atom. The van der Waals surface area contributed by atoms with Crippen LogP contribution in [0.15, 0.2) is 0 Å². The Kier molecular flexibility index (Phi) is 7.16. The predicted octanol–water partition coefficient (Wildman–Crippen LogP) is -0.0834. The SMILES string of the molecule is CC(=O)O.CCOS(=O)(=O)O. The van der Waals surface area contributed by atoms with E-state index in [0.29, 0.717) is 0 Å². The highest BCUT2D eigenvalue weighted by atomic mass is 32.3. The van der Waals surface area contributed by atoms with E-state index in [0.717, 1.165) is 6.92 Å². The summed E-state index contributed by atoms with van der Waals surface area (Å²) in [6.45, 7) is 2.52. The van der Waals surface area contributed by atoms with Gasteiger partial charge in [0, 0.05) is 6.92 Å². The largest absolute Gasteiger partial charge is 0.481 e. The van der Waals surface area contributed by atoms with Gasteiger partial charge in [0.05, 0.1) is 6.61 Å². The maximum atomic E-state index is 9.56. The second-order valence-electron chi connectivity index (χ2n) is 1.35. The number of carboxylic acid groups (broad SMARTS) is 1. The van der Waals surface area contributed by atoms with E-state index in [-0.39, 0.29) is 6.61 Å². The van der Waals surface area contributed by atoms with Gasteiger partial charge in [0.1, 0.15) is 0 Å². The average molecular weight is 186 g/mol. The van der Waals surface area contributed by atoms with E-state index in [1.165, 1.54) is 6.92 Å². The molecule has 0 aromatic heterocycles. The van der Waals surface area contributed by atoms with Crippen molar-refractivity contribution >= 4 is 16.4 Å². The first-order chi connectivity index (χ1) is 4.79. The van der Waals surface area contributed by atoms with Crippen molar-refractivity contribution in [2.45, 2.75) is 13.8 Å². The fourth-order valence-electron chi connectivity index (χ4n) is 0.149. The maximum Gasteiger partial charge on any atom is 0.397 e. The fraction of sp³-hybridized carbons (Fsp3) is 0.750. The lowest BCUT2D eigenvalue weighted by molar-refractivity contribution is -0.134. The minimum absolute atomic E-state index is 0.0289. The van der Waals surface area contributed by atoms with Crippen LogP contribution in [0, 0.1) is 0 Å². The van der Waals surface area contributed by atoms with Crippen molar-refractivity contribution in [3.05, 3.63) is 0 Å². The van der Waals surface area contributed by atoms with Gasteiger partial charge in [0.25, 0.3) is 5.97 Å². The number of hydrogen-bond acceptors (Lipinski definition) is 4. The van der Waals surface area contributed by atoms with Crippen molar-refractivity contribution in [3.63, 3.8) is 0 Å². The van der Waals surface area contributed by atoms with Gasteiger partial charge in [-0.3, -0.25) is 9.35 Å². The third-order valence-electron chi connectivity index (χ3n) is 0.267. The van der Waals surface area contributed by atoms with Crippen molar-refractivity contribution in [2.75, 3.05) is 6.61 Å². The van der Waals surface area contributed by atoms with Crippen LogP contribution in [0.1, 0.15) is 13.8 Å². The number of hydrogen-bond donors (Lipinski definition) is 2. The Balaban J connectivity index is 0. The first kappa shape index (κ1) is 13.0. The van der Waals surface area contributed by atoms with Gasteiger partial charge in [-0.05, 0) is 6.92 Å². The molecule has 0 bridgehead atoms. The summed E-state index contributed by atoms with van der Waals surface area (Å²) in [5, 5.41) is 7.42. The highest BCUT2D eigenvalue weighted by Crippen LogP contribution is 1.81. The summed E-state index contributed by atoms with van der Waals surface area (Å²) in [6, 6.07) is 0. The molecule has 0 saturated heterocycles. The molecule has 7 heteroatoms. The van der Waals surface area contributed by atoms with Gasteiger partial charge in [0.15, 0.2) is 0 Å². The fourth-order valence-corrected chi connectivity index (χ4v) is 0.447. The maximum absolute atomic E-state index is 9.56. The van der Waals surface area contributed by atoms with E-state index in [9.17, 15) is 8.42 Å². The molecule has 0 fully saturated rings. The van der Waals surface area contributed by atoms with Crippen LogP contribution in [-0.2, 0) is 19.4 Å². The molecule has 0 aliphatic rings. The molecule has 0 spiro atoms. The average Bonchev–Trinajstić information content (AvgIpc) is 1.58. The van der Waals surface area contributed by atoms with Crippen LogP contribution in [0.4, 0.5) is 0 Å². The lowest BCUT2D eigenvalue weighted by Crippen LogP contribution is -2.01. The Hall–Kier alpha value is -0.660. The van der Waals surface area contributed by atoms with Crippen molar-refractivity contribution in [1.29, 1.82) is 0 Å². The second kappa shape index (κ2) is 6.08. The molecule has 0 aliphatic carbocycles. The molecule has 68 valence electrons. The molecule has 0 unspecified atom stereocenters. The van der Waals surface area contributed by atoms with Crippen molar-refractivity contribution < 1.29 is 27.1 Å². The third kappa shape index (κ3) is 45.1. The Morgan fingerprint density at radius 2 is 1.82 bits per heavy atom. The quantitative estimate of drug-likeness (QED) is 0.585. The van der Waals surface area contributed by atoms with Gasteiger partial charge >= 0.3 is 10.4 Å². The van der Waals surface area contributed by atoms with Crippen LogP contribution in [0.5, 0.6) is 0 Å². The molecular weight excluding hydrogens is 176 g/mol. The molecule has 0 heterocycles. The van der Waals surface area contributed by atoms with Crippen LogP contribution in [-0.4, -0.2) is 30.7 Å². The summed E-state index contributed by atoms with van der Waals surface area (Å²) in [6.07, 6.45) is 0. The zero-order chi connectivity index (χ0) is 9.49. The number of carbonyl (C=O) groups is 1. The summed E-state index contributed by atoms with van der Waals surface area (Å²) in [5.74, 6) is -0.833. The molecule has 0 rings (SSSR count). The molecule has 0 amide bonds. The predicted molar refractivity (Wildman–Crippen MR) is 36.5 cm³/mol. The summed E-state index contributed by atoms with van der Waals surface area (Å²) >= 11 is 0. The first-order valence-electron chi connectivity index (χ1n) is 2.61. The van der Waals surface area contributed by atoms with Crippen LogP contribution in [0.25, 0.3) is 0 Å². The molecular formula is C4H10O6S. The van der Waals surface area contributed by atoms with Gasteiger partial charge in [0.2, 0.25) is 0 Å². The molecule has 2 N–H and O–H groups in total. The van der Waals surface area contributed by atoms with Crippen molar-refractivity contribution in [2.24, 2.45) is 0 Å². The first-order valence-corrected chi connectivity index (χ1v) is 3.97. The molecule has 6 nitrogen and oxygen atoms in total. The van der Waals surface area contributed by atoms with Crippen LogP contribution >= 0.6 is 0 Å². The Bertz CT molecular complexity index is 189. The minimum Gasteiger partial charge on any atom is -0.481 e. The van der Waals surface area contributed by atoms with Gasteiger partial charge in [-0.25, -0.2) is 4.18 Å². The molecule has 11 heavy (non-hydrogen) atoms. The van der Waals surface area contributed by atoms with Gasteiger partial charge < -0.3 is 5.11 Å². The van der Waals surface area contributed by atoms with E-state index in [4.69, 9.17) is 14.5 Å². The van der Waals surface area contributed by atoms with Crippen molar-refractivity contribution in [3.8, 4) is 0 Å². The third-order valence-corrected chi connectivity index (χ3v) is 0.800. The van der Waals surface area contributed by atoms with Crippen LogP contribution in [0.3, 0.4) is 0 Å². The topological polar surface area (TPSA) is 101 Å². The standard InChI is InChI=1S/C2H6O4S.C2H4O2/c1-2-6-7(3,4)5;1-2(3)4/h2H2,1H3,(H,3,4,5);1H3,(H,3,4). The number of rotatable bonds is 2. The van der Waals surface area contributed by atoms with Crippen molar-refractivity contribution in [1.82, 2.24) is 0 Å². The van der Waals surface area contributed by atoms with Crippen LogP contribution < -0.4 is 0 Å². The Labute approximate surface area is 64.7 Å². The second-order valence-corrected chi connectivity index (χ2v) is 2.44. The Morgan fingerprint density at radius 3 is 1.82 bits per heavy atom. The highest BCUT2D eigenvalue weighted by Gasteiger charge is 1.98. The zero-order valence-corrected chi connectivity index (χ0v) is 6.96. The van der Waals surface area contributed by atoms with E-state index in [1.54, 1.807) is 0 Å². The van der Waals surface area contributed by atoms with E-state index < -0.39 is 16.4 Å².